The molecule has 3 aliphatic heterocycles. The normalized spacial score (nSPS) is 21.7. The standard InChI is InChI=1S/C72H110N12O19/c1-6-8-9-10-11-12-13-14-15-16-17-18-19-24-58(88)76-51(34-37-59(89)90)65(95)77-50(22-20-39-73)64(94)80-55-42-47-27-31-49(32-28-47)103-72(102)61(43(3)7-2)82-67(97)54(41-46-25-29-48(86)30-26-46)81-66(96)52(33-36-57(74)87)78-69(99)56-23-21-40-84(56)71(101)44(4)75-63(93)53(35-38-60(91)92)79-70(100)62(45(5)85)83-68(55)98/h25-32,43-45,50-56,61-62,85-86H,6-24,33-42,73H2,1-5H3,(H2,74,87)(H,75,93)(H,76,88)(H,77,95)(H,78,99)(H,79,100)(H,80,94)(H,81,96)(H,82,97)(H,83,98)(H,89,90)(H,91,92)/t43?,44-,45?,50?,51+,52+,53?,54+,55+,56-,61+,62?/m0/s1. The molecule has 0 radical (unpaired) electrons. The highest BCUT2D eigenvalue weighted by molar-refractivity contribution is 5.99. The highest BCUT2D eigenvalue weighted by Gasteiger charge is 2.41. The van der Waals surface area contributed by atoms with Crippen molar-refractivity contribution in [3.63, 3.8) is 0 Å². The third-order valence-corrected chi connectivity index (χ3v) is 18.3. The van der Waals surface area contributed by atoms with E-state index >= 15 is 0 Å². The second kappa shape index (κ2) is 45.7. The summed E-state index contributed by atoms with van der Waals surface area (Å²) >= 11 is 0. The van der Waals surface area contributed by atoms with Crippen LogP contribution in [0.2, 0.25) is 0 Å². The number of nitrogens with zero attached hydrogens (tertiary/aromatic N) is 1. The fourth-order valence-corrected chi connectivity index (χ4v) is 12.0. The van der Waals surface area contributed by atoms with Crippen LogP contribution >= 0.6 is 0 Å². The topological polar surface area (TPSA) is 493 Å². The Labute approximate surface area is 601 Å². The first-order valence-corrected chi connectivity index (χ1v) is 36.3. The predicted molar refractivity (Wildman–Crippen MR) is 377 cm³/mol. The fraction of sp³-hybridized carbons (Fsp3) is 0.639. The lowest BCUT2D eigenvalue weighted by atomic mass is 9.97. The summed E-state index contributed by atoms with van der Waals surface area (Å²) in [4.78, 5) is 194. The zero-order valence-corrected chi connectivity index (χ0v) is 60.1. The van der Waals surface area contributed by atoms with Crippen molar-refractivity contribution in [2.24, 2.45) is 17.4 Å². The molecule has 572 valence electrons. The van der Waals surface area contributed by atoms with Gasteiger partial charge in [0.25, 0.3) is 0 Å². The van der Waals surface area contributed by atoms with Gasteiger partial charge in [-0.25, -0.2) is 4.79 Å². The maximum absolute atomic E-state index is 14.8. The van der Waals surface area contributed by atoms with Crippen molar-refractivity contribution in [3.05, 3.63) is 59.7 Å². The molecule has 3 heterocycles. The third kappa shape index (κ3) is 31.1. The van der Waals surface area contributed by atoms with E-state index in [1.165, 1.54) is 100 Å². The summed E-state index contributed by atoms with van der Waals surface area (Å²) in [5.74, 6) is -14.8. The van der Waals surface area contributed by atoms with E-state index in [1.807, 2.05) is 0 Å². The first-order valence-electron chi connectivity index (χ1n) is 36.3. The average Bonchev–Trinajstić information content (AvgIpc) is 1.79. The SMILES string of the molecule is CCCCCCCCCCCCCCCC(=O)N[C@H](CCC(=O)O)C(=O)NC(CCCN)C(=O)N[C@@H]1Cc2ccc(cc2)OC(=O)[C@@H](C(C)CC)NC(=O)[C@@H](Cc2ccc(O)cc2)NC(=O)[C@@H](CCC(N)=O)NC(=O)[C@@H]2CCCN2C(=O)[C@H](C)NC(=O)C(CCC(=O)O)NC(=O)C(C(C)O)NC1=O. The van der Waals surface area contributed by atoms with Gasteiger partial charge < -0.3 is 89.4 Å². The van der Waals surface area contributed by atoms with Gasteiger partial charge in [-0.2, -0.15) is 0 Å². The zero-order valence-electron chi connectivity index (χ0n) is 60.1. The minimum atomic E-state index is -1.96. The maximum atomic E-state index is 14.8. The van der Waals surface area contributed by atoms with E-state index in [1.54, 1.807) is 13.8 Å². The molecule has 0 saturated carbocycles. The molecule has 1 fully saturated rings. The maximum Gasteiger partial charge on any atom is 0.334 e. The molecular weight excluding hydrogens is 1340 g/mol. The zero-order chi connectivity index (χ0) is 76.1. The third-order valence-electron chi connectivity index (χ3n) is 18.3. The van der Waals surface area contributed by atoms with E-state index in [2.05, 4.69) is 54.8 Å². The molecule has 2 bridgehead atoms. The molecule has 2 aromatic carbocycles. The number of primary amides is 1. The van der Waals surface area contributed by atoms with Gasteiger partial charge in [-0.3, -0.25) is 62.3 Å². The molecule has 5 unspecified atom stereocenters. The van der Waals surface area contributed by atoms with Crippen molar-refractivity contribution >= 4 is 82.9 Å². The molecule has 0 spiro atoms. The van der Waals surface area contributed by atoms with Gasteiger partial charge in [0.1, 0.15) is 71.9 Å². The van der Waals surface area contributed by atoms with Crippen molar-refractivity contribution in [3.8, 4) is 11.5 Å². The summed E-state index contributed by atoms with van der Waals surface area (Å²) in [5.41, 5.74) is 12.1. The molecule has 0 aliphatic carbocycles. The van der Waals surface area contributed by atoms with Crippen LogP contribution in [0.15, 0.2) is 48.5 Å². The monoisotopic (exact) mass is 1450 g/mol. The second-order valence-corrected chi connectivity index (χ2v) is 26.9. The van der Waals surface area contributed by atoms with E-state index in [4.69, 9.17) is 16.2 Å². The lowest BCUT2D eigenvalue weighted by molar-refractivity contribution is -0.143. The Morgan fingerprint density at radius 1 is 0.602 bits per heavy atom. The summed E-state index contributed by atoms with van der Waals surface area (Å²) < 4.78 is 5.83. The van der Waals surface area contributed by atoms with E-state index in [0.717, 1.165) is 43.9 Å². The number of aliphatic hydroxyl groups excluding tert-OH is 1. The molecular formula is C72H110N12O19. The minimum absolute atomic E-state index is 0.00766. The van der Waals surface area contributed by atoms with E-state index in [-0.39, 0.29) is 81.5 Å². The van der Waals surface area contributed by atoms with Crippen molar-refractivity contribution in [1.82, 2.24) is 52.8 Å². The number of ether oxygens (including phenoxy) is 1. The molecule has 12 atom stereocenters. The molecule has 31 nitrogen and oxygen atoms in total. The van der Waals surface area contributed by atoms with Gasteiger partial charge in [-0.05, 0) is 113 Å². The van der Waals surface area contributed by atoms with Crippen LogP contribution in [0.5, 0.6) is 11.5 Å². The number of carbonyl (C=O) groups is 14. The number of unbranched alkanes of at least 4 members (excludes halogenated alkanes) is 12. The van der Waals surface area contributed by atoms with Gasteiger partial charge in [0, 0.05) is 45.1 Å². The number of hydrogen-bond acceptors (Lipinski definition) is 18. The van der Waals surface area contributed by atoms with Gasteiger partial charge in [0.05, 0.1) is 6.10 Å². The molecule has 17 N–H and O–H groups in total. The number of amides is 11. The van der Waals surface area contributed by atoms with Gasteiger partial charge in [-0.1, -0.05) is 129 Å². The van der Waals surface area contributed by atoms with Gasteiger partial charge in [0.15, 0.2) is 0 Å². The Balaban J connectivity index is 1.74. The second-order valence-electron chi connectivity index (χ2n) is 26.9. The van der Waals surface area contributed by atoms with Crippen LogP contribution in [0.3, 0.4) is 0 Å². The number of rotatable bonds is 36. The molecule has 103 heavy (non-hydrogen) atoms. The number of benzene rings is 2. The molecule has 11 amide bonds. The average molecular weight is 1450 g/mol. The molecule has 2 aromatic rings. The Morgan fingerprint density at radius 3 is 1.72 bits per heavy atom. The number of aliphatic carboxylic acids is 2. The lowest BCUT2D eigenvalue weighted by Crippen LogP contribution is -2.62. The van der Waals surface area contributed by atoms with Crippen LogP contribution in [0, 0.1) is 5.92 Å². The van der Waals surface area contributed by atoms with Gasteiger partial charge in [0.2, 0.25) is 65.0 Å². The van der Waals surface area contributed by atoms with Gasteiger partial charge in [-0.15, -0.1) is 0 Å². The number of fused-ring (bicyclic) bond motifs is 23. The smallest absolute Gasteiger partial charge is 0.334 e. The lowest BCUT2D eigenvalue weighted by Gasteiger charge is -2.30. The minimum Gasteiger partial charge on any atom is -0.508 e. The van der Waals surface area contributed by atoms with Crippen LogP contribution < -0.4 is 64.1 Å². The number of hydrogen-bond donors (Lipinski definition) is 15. The van der Waals surface area contributed by atoms with Crippen molar-refractivity contribution in [2.45, 2.75) is 275 Å². The molecule has 0 aromatic heterocycles. The molecule has 31 heteroatoms. The summed E-state index contributed by atoms with van der Waals surface area (Å²) in [5, 5.41) is 63.5. The number of carbonyl (C=O) groups excluding carboxylic acids is 12. The summed E-state index contributed by atoms with van der Waals surface area (Å²) in [7, 11) is 0. The highest BCUT2D eigenvalue weighted by Crippen LogP contribution is 2.23. The first-order chi connectivity index (χ1) is 49.0. The van der Waals surface area contributed by atoms with Crippen molar-refractivity contribution in [2.75, 3.05) is 13.1 Å². The first kappa shape index (κ1) is 86.1. The van der Waals surface area contributed by atoms with Crippen LogP contribution in [-0.4, -0.2) is 188 Å². The number of phenols is 1. The van der Waals surface area contributed by atoms with E-state index in [0.29, 0.717) is 18.4 Å². The summed E-state index contributed by atoms with van der Waals surface area (Å²) in [6.45, 7) is 7.92. The molecule has 3 aliphatic rings. The highest BCUT2D eigenvalue weighted by atomic mass is 16.5. The van der Waals surface area contributed by atoms with Crippen LogP contribution in [-0.2, 0) is 80.0 Å². The number of carboxylic acids is 2. The number of nitrogens with two attached hydrogens (primary N) is 2. The van der Waals surface area contributed by atoms with Crippen LogP contribution in [0.25, 0.3) is 0 Å². The van der Waals surface area contributed by atoms with Crippen LogP contribution in [0.4, 0.5) is 0 Å². The van der Waals surface area contributed by atoms with Crippen molar-refractivity contribution < 1.29 is 92.3 Å². The molecule has 5 rings (SSSR count). The Bertz CT molecular complexity index is 3150. The number of esters is 1. The number of phenolic OH excluding ortho intramolecular Hbond substituents is 1. The number of nitrogens with one attached hydrogen (secondary N) is 9. The summed E-state index contributed by atoms with van der Waals surface area (Å²) in [6, 6.07) is -4.50. The fourth-order valence-electron chi connectivity index (χ4n) is 12.0. The van der Waals surface area contributed by atoms with E-state index < -0.39 is 187 Å². The van der Waals surface area contributed by atoms with Crippen molar-refractivity contribution in [1.29, 1.82) is 0 Å². The molecule has 1 saturated heterocycles. The Hall–Kier alpha value is -9.26. The quantitative estimate of drug-likeness (QED) is 0.0201. The Morgan fingerprint density at radius 2 is 1.15 bits per heavy atom. The largest absolute Gasteiger partial charge is 0.508 e. The number of aliphatic hydroxyl groups is 1. The predicted octanol–water partition coefficient (Wildman–Crippen LogP) is 2.11. The Kier molecular flexibility index (Phi) is 38.2. The summed E-state index contributed by atoms with van der Waals surface area (Å²) in [6.07, 6.45) is 9.10. The number of carboxylic acid groups (broad SMARTS) is 2. The van der Waals surface area contributed by atoms with Crippen LogP contribution in [0.1, 0.15) is 206 Å². The van der Waals surface area contributed by atoms with E-state index in [9.17, 15) is 87.5 Å². The number of aromatic hydroxyl groups is 1. The van der Waals surface area contributed by atoms with Gasteiger partial charge >= 0.3 is 17.9 Å².